The summed E-state index contributed by atoms with van der Waals surface area (Å²) < 4.78 is 0.792. The molecule has 1 N–H and O–H groups in total. The molecule has 0 unspecified atom stereocenters. The molecule has 3 rings (SSSR count). The number of benzene rings is 2. The van der Waals surface area contributed by atoms with Crippen molar-refractivity contribution in [2.24, 2.45) is 0 Å². The lowest BCUT2D eigenvalue weighted by molar-refractivity contribution is 0.0949. The molecule has 0 saturated carbocycles. The summed E-state index contributed by atoms with van der Waals surface area (Å²) in [5.74, 6) is -0.102. The molecule has 0 aliphatic heterocycles. The molecule has 3 aromatic rings. The average molecular weight is 387 g/mol. The first kappa shape index (κ1) is 15.9. The van der Waals surface area contributed by atoms with Gasteiger partial charge in [-0.25, -0.2) is 4.98 Å². The number of carbonyl (C=O) groups is 1. The number of amides is 1. The molecule has 23 heavy (non-hydrogen) atoms. The van der Waals surface area contributed by atoms with Crippen LogP contribution in [0.5, 0.6) is 0 Å². The molecular formula is C18H15BrN2OS. The quantitative estimate of drug-likeness (QED) is 0.704. The summed E-state index contributed by atoms with van der Waals surface area (Å²) in [5, 5.41) is 5.96. The molecule has 0 saturated heterocycles. The van der Waals surface area contributed by atoms with E-state index in [2.05, 4.69) is 38.4 Å². The summed E-state index contributed by atoms with van der Waals surface area (Å²) in [4.78, 5) is 16.8. The fourth-order valence-electron chi connectivity index (χ4n) is 2.19. The Balaban J connectivity index is 1.59. The molecular weight excluding hydrogens is 372 g/mol. The van der Waals surface area contributed by atoms with E-state index in [1.54, 1.807) is 17.4 Å². The highest BCUT2D eigenvalue weighted by Crippen LogP contribution is 2.17. The summed E-state index contributed by atoms with van der Waals surface area (Å²) in [5.41, 5.74) is 2.76. The van der Waals surface area contributed by atoms with Gasteiger partial charge in [-0.1, -0.05) is 42.5 Å². The van der Waals surface area contributed by atoms with E-state index in [-0.39, 0.29) is 5.91 Å². The van der Waals surface area contributed by atoms with Gasteiger partial charge in [-0.3, -0.25) is 4.79 Å². The molecule has 3 nitrogen and oxygen atoms in total. The van der Waals surface area contributed by atoms with Crippen LogP contribution in [0.1, 0.15) is 26.6 Å². The monoisotopic (exact) mass is 386 g/mol. The van der Waals surface area contributed by atoms with Gasteiger partial charge in [0.1, 0.15) is 0 Å². The van der Waals surface area contributed by atoms with Crippen molar-refractivity contribution in [1.29, 1.82) is 0 Å². The van der Waals surface area contributed by atoms with E-state index in [0.717, 1.165) is 21.6 Å². The normalized spacial score (nSPS) is 10.5. The highest BCUT2D eigenvalue weighted by atomic mass is 79.9. The Labute approximate surface area is 147 Å². The molecule has 1 heterocycles. The second kappa shape index (κ2) is 7.53. The topological polar surface area (TPSA) is 42.0 Å². The molecule has 116 valence electrons. The minimum absolute atomic E-state index is 0.102. The van der Waals surface area contributed by atoms with Gasteiger partial charge in [0, 0.05) is 16.3 Å². The van der Waals surface area contributed by atoms with Gasteiger partial charge in [-0.2, -0.15) is 0 Å². The number of halogens is 1. The number of carbonyl (C=O) groups excluding carboxylic acids is 1. The van der Waals surface area contributed by atoms with Crippen LogP contribution in [0.2, 0.25) is 0 Å². The first-order valence-corrected chi connectivity index (χ1v) is 8.89. The van der Waals surface area contributed by atoms with Crippen LogP contribution in [0.4, 0.5) is 0 Å². The Morgan fingerprint density at radius 2 is 1.83 bits per heavy atom. The second-order valence-corrected chi connectivity index (χ2v) is 6.85. The van der Waals surface area contributed by atoms with Crippen molar-refractivity contribution < 1.29 is 4.79 Å². The van der Waals surface area contributed by atoms with Crippen LogP contribution in [0.25, 0.3) is 0 Å². The standard InChI is InChI=1S/C18H15BrN2OS/c19-16-9-5-4-8-15(16)18(22)20-11-14-12-23-17(21-14)10-13-6-2-1-3-7-13/h1-9,12H,10-11H2,(H,20,22). The minimum atomic E-state index is -0.102. The molecule has 0 spiro atoms. The van der Waals surface area contributed by atoms with Crippen molar-refractivity contribution in [2.45, 2.75) is 13.0 Å². The van der Waals surface area contributed by atoms with Gasteiger partial charge in [0.25, 0.3) is 5.91 Å². The van der Waals surface area contributed by atoms with Gasteiger partial charge in [0.15, 0.2) is 0 Å². The maximum absolute atomic E-state index is 12.2. The van der Waals surface area contributed by atoms with E-state index in [1.807, 2.05) is 41.8 Å². The Morgan fingerprint density at radius 3 is 2.61 bits per heavy atom. The molecule has 2 aromatic carbocycles. The van der Waals surface area contributed by atoms with Gasteiger partial charge in [0.05, 0.1) is 22.8 Å². The maximum atomic E-state index is 12.2. The summed E-state index contributed by atoms with van der Waals surface area (Å²) in [6, 6.07) is 17.6. The third-order valence-electron chi connectivity index (χ3n) is 3.35. The van der Waals surface area contributed by atoms with E-state index in [9.17, 15) is 4.79 Å². The Morgan fingerprint density at radius 1 is 1.09 bits per heavy atom. The van der Waals surface area contributed by atoms with E-state index >= 15 is 0 Å². The smallest absolute Gasteiger partial charge is 0.252 e. The van der Waals surface area contributed by atoms with Crippen molar-refractivity contribution in [2.75, 3.05) is 0 Å². The van der Waals surface area contributed by atoms with Crippen LogP contribution in [0, 0.1) is 0 Å². The first-order valence-electron chi connectivity index (χ1n) is 7.22. The number of nitrogens with zero attached hydrogens (tertiary/aromatic N) is 1. The lowest BCUT2D eigenvalue weighted by atomic mass is 10.2. The zero-order valence-electron chi connectivity index (χ0n) is 12.3. The number of rotatable bonds is 5. The number of hydrogen-bond donors (Lipinski definition) is 1. The van der Waals surface area contributed by atoms with E-state index < -0.39 is 0 Å². The van der Waals surface area contributed by atoms with Crippen molar-refractivity contribution in [3.8, 4) is 0 Å². The molecule has 0 aliphatic rings. The number of thiazole rings is 1. The summed E-state index contributed by atoms with van der Waals surface area (Å²) in [6.45, 7) is 0.436. The predicted octanol–water partition coefficient (Wildman–Crippen LogP) is 4.43. The van der Waals surface area contributed by atoms with Crippen LogP contribution in [-0.4, -0.2) is 10.9 Å². The van der Waals surface area contributed by atoms with Crippen LogP contribution in [-0.2, 0) is 13.0 Å². The molecule has 1 aromatic heterocycles. The average Bonchev–Trinajstić information content (AvgIpc) is 3.01. The first-order chi connectivity index (χ1) is 11.2. The lowest BCUT2D eigenvalue weighted by Gasteiger charge is -2.05. The summed E-state index contributed by atoms with van der Waals surface area (Å²) in [6.07, 6.45) is 0.823. The highest BCUT2D eigenvalue weighted by Gasteiger charge is 2.10. The third-order valence-corrected chi connectivity index (χ3v) is 4.94. The summed E-state index contributed by atoms with van der Waals surface area (Å²) in [7, 11) is 0. The fraction of sp³-hybridized carbons (Fsp3) is 0.111. The van der Waals surface area contributed by atoms with Gasteiger partial charge >= 0.3 is 0 Å². The van der Waals surface area contributed by atoms with Crippen molar-refractivity contribution >= 4 is 33.2 Å². The third kappa shape index (κ3) is 4.27. The number of aromatic nitrogens is 1. The Hall–Kier alpha value is -1.98. The zero-order valence-corrected chi connectivity index (χ0v) is 14.7. The van der Waals surface area contributed by atoms with Gasteiger partial charge < -0.3 is 5.32 Å². The van der Waals surface area contributed by atoms with Crippen LogP contribution in [0.3, 0.4) is 0 Å². The van der Waals surface area contributed by atoms with E-state index in [1.165, 1.54) is 5.56 Å². The van der Waals surface area contributed by atoms with Crippen LogP contribution >= 0.6 is 27.3 Å². The lowest BCUT2D eigenvalue weighted by Crippen LogP contribution is -2.23. The van der Waals surface area contributed by atoms with E-state index in [0.29, 0.717) is 12.1 Å². The minimum Gasteiger partial charge on any atom is -0.346 e. The van der Waals surface area contributed by atoms with Crippen molar-refractivity contribution in [3.05, 3.63) is 86.3 Å². The predicted molar refractivity (Wildman–Crippen MR) is 96.7 cm³/mol. The molecule has 1 amide bonds. The highest BCUT2D eigenvalue weighted by molar-refractivity contribution is 9.10. The molecule has 0 atom stereocenters. The number of hydrogen-bond acceptors (Lipinski definition) is 3. The fourth-order valence-corrected chi connectivity index (χ4v) is 3.49. The maximum Gasteiger partial charge on any atom is 0.252 e. The van der Waals surface area contributed by atoms with Crippen LogP contribution in [0.15, 0.2) is 64.5 Å². The largest absolute Gasteiger partial charge is 0.346 e. The van der Waals surface area contributed by atoms with Crippen molar-refractivity contribution in [1.82, 2.24) is 10.3 Å². The molecule has 0 bridgehead atoms. The second-order valence-electron chi connectivity index (χ2n) is 5.06. The van der Waals surface area contributed by atoms with Gasteiger partial charge in [0.2, 0.25) is 0 Å². The zero-order chi connectivity index (χ0) is 16.1. The Kier molecular flexibility index (Phi) is 5.20. The van der Waals surface area contributed by atoms with E-state index in [4.69, 9.17) is 0 Å². The van der Waals surface area contributed by atoms with Gasteiger partial charge in [-0.05, 0) is 33.6 Å². The van der Waals surface area contributed by atoms with Crippen LogP contribution < -0.4 is 5.32 Å². The number of nitrogens with one attached hydrogen (secondary N) is 1. The SMILES string of the molecule is O=C(NCc1csc(Cc2ccccc2)n1)c1ccccc1Br. The molecule has 5 heteroatoms. The Bertz CT molecular complexity index is 802. The molecule has 0 fully saturated rings. The van der Waals surface area contributed by atoms with Gasteiger partial charge in [-0.15, -0.1) is 11.3 Å². The summed E-state index contributed by atoms with van der Waals surface area (Å²) >= 11 is 5.01. The molecule has 0 aliphatic carbocycles. The molecule has 0 radical (unpaired) electrons. The van der Waals surface area contributed by atoms with Crippen molar-refractivity contribution in [3.63, 3.8) is 0 Å².